The average molecular weight is 249 g/mol. The van der Waals surface area contributed by atoms with Crippen LogP contribution < -0.4 is 0 Å². The summed E-state index contributed by atoms with van der Waals surface area (Å²) in [5.74, 6) is 1.70. The number of nitrogens with zero attached hydrogens (tertiary/aromatic N) is 2. The Morgan fingerprint density at radius 3 is 2.59 bits per heavy atom. The highest BCUT2D eigenvalue weighted by atomic mass is 35.5. The van der Waals surface area contributed by atoms with Gasteiger partial charge in [0.1, 0.15) is 5.38 Å². The molecule has 1 aliphatic rings. The zero-order valence-electron chi connectivity index (χ0n) is 9.34. The highest BCUT2D eigenvalue weighted by Gasteiger charge is 2.26. The molecule has 1 atom stereocenters. The van der Waals surface area contributed by atoms with Gasteiger partial charge < -0.3 is 4.42 Å². The van der Waals surface area contributed by atoms with Crippen molar-refractivity contribution in [1.82, 2.24) is 10.2 Å². The van der Waals surface area contributed by atoms with E-state index in [-0.39, 0.29) is 5.38 Å². The van der Waals surface area contributed by atoms with Crippen molar-refractivity contribution in [3.05, 3.63) is 47.7 Å². The Hall–Kier alpha value is -1.35. The Labute approximate surface area is 105 Å². The van der Waals surface area contributed by atoms with Crippen molar-refractivity contribution in [2.45, 2.75) is 30.6 Å². The maximum absolute atomic E-state index is 6.31. The second-order valence-corrected chi connectivity index (χ2v) is 4.82. The summed E-state index contributed by atoms with van der Waals surface area (Å²) in [5, 5.41) is 7.78. The summed E-state index contributed by atoms with van der Waals surface area (Å²) >= 11 is 6.31. The summed E-state index contributed by atoms with van der Waals surface area (Å²) in [6, 6.07) is 9.79. The topological polar surface area (TPSA) is 38.9 Å². The third kappa shape index (κ3) is 2.07. The fourth-order valence-electron chi connectivity index (χ4n) is 1.93. The van der Waals surface area contributed by atoms with Crippen molar-refractivity contribution in [2.24, 2.45) is 0 Å². The van der Waals surface area contributed by atoms with Crippen LogP contribution in [0, 0.1) is 0 Å². The van der Waals surface area contributed by atoms with Crippen LogP contribution in [0.5, 0.6) is 0 Å². The van der Waals surface area contributed by atoms with Crippen molar-refractivity contribution in [3.8, 4) is 0 Å². The number of aromatic nitrogens is 2. The molecule has 3 rings (SSSR count). The summed E-state index contributed by atoms with van der Waals surface area (Å²) < 4.78 is 5.65. The van der Waals surface area contributed by atoms with Gasteiger partial charge >= 0.3 is 0 Å². The van der Waals surface area contributed by atoms with Crippen LogP contribution >= 0.6 is 11.6 Å². The first-order valence-corrected chi connectivity index (χ1v) is 6.30. The Kier molecular flexibility index (Phi) is 2.85. The summed E-state index contributed by atoms with van der Waals surface area (Å²) in [6.45, 7) is 0. The Balaban J connectivity index is 1.81. The standard InChI is InChI=1S/C13H13ClN2O/c14-11(9-5-2-1-3-6-9)13-16-15-12(17-13)10-7-4-8-10/h1-3,5-6,10-11H,4,7-8H2. The summed E-state index contributed by atoms with van der Waals surface area (Å²) in [4.78, 5) is 0. The molecule has 88 valence electrons. The van der Waals surface area contributed by atoms with Gasteiger partial charge in [-0.2, -0.15) is 0 Å². The largest absolute Gasteiger partial charge is 0.423 e. The molecule has 1 saturated carbocycles. The van der Waals surface area contributed by atoms with Crippen molar-refractivity contribution in [1.29, 1.82) is 0 Å². The molecule has 1 aromatic carbocycles. The Bertz CT molecular complexity index is 493. The van der Waals surface area contributed by atoms with Crippen molar-refractivity contribution < 1.29 is 4.42 Å². The van der Waals surface area contributed by atoms with E-state index < -0.39 is 0 Å². The lowest BCUT2D eigenvalue weighted by Crippen LogP contribution is -2.08. The van der Waals surface area contributed by atoms with E-state index in [1.54, 1.807) is 0 Å². The summed E-state index contributed by atoms with van der Waals surface area (Å²) in [5.41, 5.74) is 0.984. The Morgan fingerprint density at radius 2 is 1.94 bits per heavy atom. The first-order valence-electron chi connectivity index (χ1n) is 5.87. The maximum Gasteiger partial charge on any atom is 0.238 e. The number of hydrogen-bond acceptors (Lipinski definition) is 3. The van der Waals surface area contributed by atoms with Gasteiger partial charge in [0.25, 0.3) is 0 Å². The van der Waals surface area contributed by atoms with Crippen LogP contribution in [0.15, 0.2) is 34.7 Å². The first-order chi connectivity index (χ1) is 8.34. The van der Waals surface area contributed by atoms with E-state index in [1.165, 1.54) is 6.42 Å². The van der Waals surface area contributed by atoms with Crippen LogP contribution in [0.2, 0.25) is 0 Å². The van der Waals surface area contributed by atoms with E-state index in [4.69, 9.17) is 16.0 Å². The minimum Gasteiger partial charge on any atom is -0.423 e. The average Bonchev–Trinajstić information content (AvgIpc) is 2.76. The van der Waals surface area contributed by atoms with Gasteiger partial charge in [-0.1, -0.05) is 36.8 Å². The van der Waals surface area contributed by atoms with E-state index in [2.05, 4.69) is 10.2 Å². The molecule has 0 aliphatic heterocycles. The molecule has 1 aliphatic carbocycles. The van der Waals surface area contributed by atoms with Crippen LogP contribution in [0.1, 0.15) is 47.9 Å². The second-order valence-electron chi connectivity index (χ2n) is 4.38. The number of benzene rings is 1. The normalized spacial score (nSPS) is 17.7. The highest BCUT2D eigenvalue weighted by molar-refractivity contribution is 6.22. The molecular formula is C13H13ClN2O. The lowest BCUT2D eigenvalue weighted by atomic mass is 9.85. The third-order valence-corrected chi connectivity index (χ3v) is 3.66. The predicted molar refractivity (Wildman–Crippen MR) is 65.0 cm³/mol. The highest BCUT2D eigenvalue weighted by Crippen LogP contribution is 2.37. The molecule has 3 nitrogen and oxygen atoms in total. The van der Waals surface area contributed by atoms with Gasteiger partial charge in [0.15, 0.2) is 0 Å². The van der Waals surface area contributed by atoms with Crippen molar-refractivity contribution in [3.63, 3.8) is 0 Å². The van der Waals surface area contributed by atoms with E-state index in [0.717, 1.165) is 24.3 Å². The van der Waals surface area contributed by atoms with Crippen molar-refractivity contribution >= 4 is 11.6 Å². The molecule has 1 heterocycles. The number of alkyl halides is 1. The smallest absolute Gasteiger partial charge is 0.238 e. The van der Waals surface area contributed by atoms with Gasteiger partial charge in [-0.05, 0) is 18.4 Å². The number of rotatable bonds is 3. The molecule has 4 heteroatoms. The lowest BCUT2D eigenvalue weighted by molar-refractivity contribution is 0.326. The molecule has 0 radical (unpaired) electrons. The summed E-state index contributed by atoms with van der Waals surface area (Å²) in [6.07, 6.45) is 3.56. The van der Waals surface area contributed by atoms with E-state index in [0.29, 0.717) is 11.8 Å². The Morgan fingerprint density at radius 1 is 1.18 bits per heavy atom. The molecule has 2 aromatic rings. The number of hydrogen-bond donors (Lipinski definition) is 0. The van der Waals surface area contributed by atoms with Crippen molar-refractivity contribution in [2.75, 3.05) is 0 Å². The minimum atomic E-state index is -0.350. The van der Waals surface area contributed by atoms with E-state index in [1.807, 2.05) is 30.3 Å². The maximum atomic E-state index is 6.31. The summed E-state index contributed by atoms with van der Waals surface area (Å²) in [7, 11) is 0. The van der Waals surface area contributed by atoms with E-state index in [9.17, 15) is 0 Å². The zero-order chi connectivity index (χ0) is 11.7. The molecule has 0 saturated heterocycles. The monoisotopic (exact) mass is 248 g/mol. The zero-order valence-corrected chi connectivity index (χ0v) is 10.1. The molecule has 0 N–H and O–H groups in total. The molecule has 0 amide bonds. The van der Waals surface area contributed by atoms with Crippen LogP contribution in [0.3, 0.4) is 0 Å². The lowest BCUT2D eigenvalue weighted by Gasteiger charge is -2.20. The molecule has 0 spiro atoms. The SMILES string of the molecule is ClC(c1ccccc1)c1nnc(C2CCC2)o1. The van der Waals surface area contributed by atoms with Gasteiger partial charge in [-0.15, -0.1) is 21.8 Å². The quantitative estimate of drug-likeness (QED) is 0.778. The molecule has 0 bridgehead atoms. The van der Waals surface area contributed by atoms with Crippen LogP contribution in [0.25, 0.3) is 0 Å². The fraction of sp³-hybridized carbons (Fsp3) is 0.385. The molecule has 1 unspecified atom stereocenters. The minimum absolute atomic E-state index is 0.350. The second kappa shape index (κ2) is 4.49. The molecule has 1 aromatic heterocycles. The van der Waals surface area contributed by atoms with E-state index >= 15 is 0 Å². The van der Waals surface area contributed by atoms with Gasteiger partial charge in [-0.3, -0.25) is 0 Å². The molecule has 1 fully saturated rings. The van der Waals surface area contributed by atoms with Crippen LogP contribution in [0.4, 0.5) is 0 Å². The van der Waals surface area contributed by atoms with Gasteiger partial charge in [0.05, 0.1) is 0 Å². The van der Waals surface area contributed by atoms with Gasteiger partial charge in [0.2, 0.25) is 11.8 Å². The van der Waals surface area contributed by atoms with Crippen LogP contribution in [-0.2, 0) is 0 Å². The first kappa shape index (κ1) is 10.8. The fourth-order valence-corrected chi connectivity index (χ4v) is 2.17. The molecular weight excluding hydrogens is 236 g/mol. The van der Waals surface area contributed by atoms with Gasteiger partial charge in [0, 0.05) is 5.92 Å². The van der Waals surface area contributed by atoms with Crippen LogP contribution in [-0.4, -0.2) is 10.2 Å². The number of halogens is 1. The predicted octanol–water partition coefficient (Wildman–Crippen LogP) is 3.67. The van der Waals surface area contributed by atoms with Gasteiger partial charge in [-0.25, -0.2) is 0 Å². The third-order valence-electron chi connectivity index (χ3n) is 3.22. The molecule has 17 heavy (non-hydrogen) atoms.